The molecule has 142 valence electrons. The van der Waals surface area contributed by atoms with Crippen LogP contribution >= 0.6 is 15.9 Å². The molecular formula is C19H18BrN7O. The van der Waals surface area contributed by atoms with Crippen LogP contribution in [0.4, 0.5) is 17.5 Å². The van der Waals surface area contributed by atoms with E-state index in [-0.39, 0.29) is 11.8 Å². The maximum absolute atomic E-state index is 10.2. The zero-order valence-electron chi connectivity index (χ0n) is 15.0. The number of nitrogens with one attached hydrogen (secondary N) is 1. The molecule has 1 atom stereocenters. The Morgan fingerprint density at radius 2 is 1.93 bits per heavy atom. The Balaban J connectivity index is 1.43. The molecule has 0 bridgehead atoms. The third-order valence-electron chi connectivity index (χ3n) is 5.14. The summed E-state index contributed by atoms with van der Waals surface area (Å²) in [5.41, 5.74) is 2.36. The number of rotatable bonds is 2. The van der Waals surface area contributed by atoms with Gasteiger partial charge in [0.25, 0.3) is 0 Å². The summed E-state index contributed by atoms with van der Waals surface area (Å²) in [7, 11) is 0. The van der Waals surface area contributed by atoms with Crippen molar-refractivity contribution in [1.82, 2.24) is 20.2 Å². The van der Waals surface area contributed by atoms with Crippen molar-refractivity contribution in [3.05, 3.63) is 47.2 Å². The first kappa shape index (κ1) is 17.2. The average molecular weight is 440 g/mol. The Morgan fingerprint density at radius 1 is 1.11 bits per heavy atom. The Morgan fingerprint density at radius 3 is 2.75 bits per heavy atom. The number of halogens is 1. The summed E-state index contributed by atoms with van der Waals surface area (Å²) >= 11 is 3.38. The molecular weight excluding hydrogens is 422 g/mol. The predicted octanol–water partition coefficient (Wildman–Crippen LogP) is 2.52. The fraction of sp³-hybridized carbons (Fsp3) is 0.263. The highest BCUT2D eigenvalue weighted by molar-refractivity contribution is 9.10. The highest BCUT2D eigenvalue weighted by Gasteiger charge is 2.33. The van der Waals surface area contributed by atoms with Crippen molar-refractivity contribution in [3.63, 3.8) is 0 Å². The minimum Gasteiger partial charge on any atom is -0.507 e. The highest BCUT2D eigenvalue weighted by Crippen LogP contribution is 2.36. The molecule has 0 spiro atoms. The van der Waals surface area contributed by atoms with Crippen LogP contribution in [0.1, 0.15) is 0 Å². The van der Waals surface area contributed by atoms with Gasteiger partial charge >= 0.3 is 0 Å². The lowest BCUT2D eigenvalue weighted by Crippen LogP contribution is -2.58. The monoisotopic (exact) mass is 439 g/mol. The molecule has 2 aliphatic rings. The number of nitrogens with zero attached hydrogens (tertiary/aromatic N) is 6. The molecule has 4 heterocycles. The number of hydrogen-bond acceptors (Lipinski definition) is 8. The van der Waals surface area contributed by atoms with E-state index in [1.54, 1.807) is 24.5 Å². The summed E-state index contributed by atoms with van der Waals surface area (Å²) in [5.74, 6) is 1.73. The van der Waals surface area contributed by atoms with Crippen LogP contribution < -0.4 is 15.1 Å². The second-order valence-corrected chi connectivity index (χ2v) is 7.77. The molecule has 2 aromatic heterocycles. The molecule has 1 aromatic carbocycles. The van der Waals surface area contributed by atoms with E-state index in [1.165, 1.54) is 0 Å². The molecule has 0 saturated carbocycles. The summed E-state index contributed by atoms with van der Waals surface area (Å²) in [6.45, 7) is 3.27. The van der Waals surface area contributed by atoms with Crippen molar-refractivity contribution in [2.45, 2.75) is 6.04 Å². The normalized spacial score (nSPS) is 18.2. The van der Waals surface area contributed by atoms with Gasteiger partial charge in [-0.2, -0.15) is 0 Å². The van der Waals surface area contributed by atoms with Crippen molar-refractivity contribution in [2.24, 2.45) is 0 Å². The van der Waals surface area contributed by atoms with E-state index in [4.69, 9.17) is 0 Å². The fourth-order valence-corrected chi connectivity index (χ4v) is 3.97. The largest absolute Gasteiger partial charge is 0.507 e. The van der Waals surface area contributed by atoms with Crippen molar-refractivity contribution < 1.29 is 5.11 Å². The van der Waals surface area contributed by atoms with Gasteiger partial charge in [-0.1, -0.05) is 12.1 Å². The van der Waals surface area contributed by atoms with Crippen LogP contribution in [0.15, 0.2) is 47.2 Å². The van der Waals surface area contributed by atoms with Gasteiger partial charge in [0.05, 0.1) is 21.9 Å². The maximum Gasteiger partial charge on any atom is 0.225 e. The fourth-order valence-electron chi connectivity index (χ4n) is 3.76. The first-order valence-electron chi connectivity index (χ1n) is 9.08. The summed E-state index contributed by atoms with van der Waals surface area (Å²) in [6.07, 6.45) is 3.55. The predicted molar refractivity (Wildman–Crippen MR) is 111 cm³/mol. The first-order chi connectivity index (χ1) is 13.7. The number of para-hydroxylation sites is 1. The molecule has 2 aliphatic heterocycles. The first-order valence-corrected chi connectivity index (χ1v) is 9.87. The number of aromatic nitrogens is 4. The van der Waals surface area contributed by atoms with Crippen molar-refractivity contribution in [1.29, 1.82) is 0 Å². The number of phenols is 1. The molecule has 0 radical (unpaired) electrons. The van der Waals surface area contributed by atoms with Crippen LogP contribution in [0.2, 0.25) is 0 Å². The zero-order chi connectivity index (χ0) is 19.1. The lowest BCUT2D eigenvalue weighted by Gasteiger charge is -2.45. The van der Waals surface area contributed by atoms with Gasteiger partial charge in [-0.05, 0) is 34.1 Å². The van der Waals surface area contributed by atoms with Gasteiger partial charge in [0, 0.05) is 44.1 Å². The van der Waals surface area contributed by atoms with Crippen LogP contribution in [0.3, 0.4) is 0 Å². The van der Waals surface area contributed by atoms with E-state index in [2.05, 4.69) is 51.2 Å². The molecule has 1 saturated heterocycles. The minimum atomic E-state index is 0.203. The molecule has 9 heteroatoms. The van der Waals surface area contributed by atoms with Gasteiger partial charge in [-0.3, -0.25) is 0 Å². The molecule has 2 N–H and O–H groups in total. The zero-order valence-corrected chi connectivity index (χ0v) is 16.5. The summed E-state index contributed by atoms with van der Waals surface area (Å²) in [5, 5.41) is 22.2. The number of anilines is 3. The number of phenolic OH excluding ortho intramolecular Hbond substituents is 1. The highest BCUT2D eigenvalue weighted by atomic mass is 79.9. The molecule has 28 heavy (non-hydrogen) atoms. The summed E-state index contributed by atoms with van der Waals surface area (Å²) in [4.78, 5) is 13.4. The Hall–Kier alpha value is -2.94. The van der Waals surface area contributed by atoms with Gasteiger partial charge in [0.2, 0.25) is 5.95 Å². The van der Waals surface area contributed by atoms with Gasteiger partial charge in [-0.15, -0.1) is 10.2 Å². The van der Waals surface area contributed by atoms with Gasteiger partial charge in [0.1, 0.15) is 5.75 Å². The van der Waals surface area contributed by atoms with E-state index < -0.39 is 0 Å². The van der Waals surface area contributed by atoms with E-state index in [1.807, 2.05) is 18.2 Å². The van der Waals surface area contributed by atoms with E-state index in [0.29, 0.717) is 11.3 Å². The number of hydrogen-bond donors (Lipinski definition) is 2. The van der Waals surface area contributed by atoms with Crippen LogP contribution in [0.5, 0.6) is 5.75 Å². The summed E-state index contributed by atoms with van der Waals surface area (Å²) < 4.78 is 0.874. The Bertz CT molecular complexity index is 1010. The van der Waals surface area contributed by atoms with Gasteiger partial charge in [-0.25, -0.2) is 9.97 Å². The van der Waals surface area contributed by atoms with Crippen molar-refractivity contribution in [3.8, 4) is 17.0 Å². The second-order valence-electron chi connectivity index (χ2n) is 6.86. The van der Waals surface area contributed by atoms with Gasteiger partial charge < -0.3 is 20.2 Å². The summed E-state index contributed by atoms with van der Waals surface area (Å²) in [6, 6.07) is 9.47. The SMILES string of the molecule is Oc1ccccc1-c1cc2c(nn1)NC[C@H]1CN(c3ncc(Br)cn3)CCN21. The van der Waals surface area contributed by atoms with E-state index in [0.717, 1.165) is 48.1 Å². The number of benzene rings is 1. The van der Waals surface area contributed by atoms with Gasteiger partial charge in [0.15, 0.2) is 5.82 Å². The molecule has 1 fully saturated rings. The van der Waals surface area contributed by atoms with Crippen LogP contribution in [0, 0.1) is 0 Å². The van der Waals surface area contributed by atoms with Crippen LogP contribution in [-0.4, -0.2) is 57.5 Å². The third kappa shape index (κ3) is 3.01. The van der Waals surface area contributed by atoms with Crippen LogP contribution in [-0.2, 0) is 0 Å². The number of fused-ring (bicyclic) bond motifs is 3. The topological polar surface area (TPSA) is 90.3 Å². The average Bonchev–Trinajstić information content (AvgIpc) is 2.74. The van der Waals surface area contributed by atoms with Crippen molar-refractivity contribution in [2.75, 3.05) is 41.3 Å². The minimum absolute atomic E-state index is 0.203. The number of piperazine rings is 1. The molecule has 3 aromatic rings. The second kappa shape index (κ2) is 6.90. The molecule has 5 rings (SSSR count). The smallest absolute Gasteiger partial charge is 0.225 e. The Kier molecular flexibility index (Phi) is 4.23. The Labute approximate surface area is 170 Å². The third-order valence-corrected chi connectivity index (χ3v) is 5.55. The number of aromatic hydroxyl groups is 1. The quantitative estimate of drug-likeness (QED) is 0.629. The molecule has 0 aliphatic carbocycles. The van der Waals surface area contributed by atoms with E-state index in [9.17, 15) is 5.11 Å². The molecule has 0 unspecified atom stereocenters. The van der Waals surface area contributed by atoms with E-state index >= 15 is 0 Å². The molecule has 8 nitrogen and oxygen atoms in total. The lowest BCUT2D eigenvalue weighted by molar-refractivity contribution is 0.477. The van der Waals surface area contributed by atoms with Crippen LogP contribution in [0.25, 0.3) is 11.3 Å². The lowest BCUT2D eigenvalue weighted by atomic mass is 10.1. The molecule has 0 amide bonds. The standard InChI is InChI=1S/C19H18BrN7O/c20-12-8-22-19(23-9-12)26-5-6-27-13(11-26)10-21-18-16(27)7-15(24-25-18)14-3-1-2-4-17(14)28/h1-4,7-9,13,28H,5-6,10-11H2,(H,21,25)/t13-/m0/s1. The van der Waals surface area contributed by atoms with Crippen molar-refractivity contribution >= 4 is 33.4 Å². The maximum atomic E-state index is 10.2.